The number of carbonyl (C=O) groups is 1. The third-order valence-corrected chi connectivity index (χ3v) is 4.79. The molecule has 1 aliphatic heterocycles. The van der Waals surface area contributed by atoms with Gasteiger partial charge in [-0.2, -0.15) is 0 Å². The van der Waals surface area contributed by atoms with E-state index in [1.54, 1.807) is 24.4 Å². The van der Waals surface area contributed by atoms with Crippen LogP contribution >= 0.6 is 11.3 Å². The Labute approximate surface area is 150 Å². The van der Waals surface area contributed by atoms with Crippen LogP contribution in [0.2, 0.25) is 0 Å². The maximum Gasteiger partial charge on any atom is 0.268 e. The van der Waals surface area contributed by atoms with Gasteiger partial charge in [0.25, 0.3) is 5.91 Å². The molecule has 0 unspecified atom stereocenters. The van der Waals surface area contributed by atoms with Gasteiger partial charge in [-0.1, -0.05) is 0 Å². The topological polar surface area (TPSA) is 80.0 Å². The van der Waals surface area contributed by atoms with Crippen LogP contribution < -0.4 is 0 Å². The van der Waals surface area contributed by atoms with Crippen molar-refractivity contribution in [2.45, 2.75) is 13.3 Å². The number of pyridine rings is 1. The van der Waals surface area contributed by atoms with Gasteiger partial charge in [0.05, 0.1) is 12.2 Å². The minimum absolute atomic E-state index is 0.129. The lowest BCUT2D eigenvalue weighted by Gasteiger charge is -2.21. The summed E-state index contributed by atoms with van der Waals surface area (Å²) >= 11 is 1.36. The van der Waals surface area contributed by atoms with Crippen molar-refractivity contribution in [2.24, 2.45) is 9.98 Å². The van der Waals surface area contributed by atoms with Crippen molar-refractivity contribution in [1.82, 2.24) is 14.9 Å². The minimum atomic E-state index is -0.129. The molecule has 0 atom stereocenters. The Kier molecular flexibility index (Phi) is 5.62. The second-order valence-corrected chi connectivity index (χ2v) is 6.49. The number of amidine groups is 1. The van der Waals surface area contributed by atoms with Crippen LogP contribution in [0.15, 0.2) is 34.5 Å². The molecule has 0 saturated heterocycles. The van der Waals surface area contributed by atoms with E-state index in [2.05, 4.69) is 20.0 Å². The molecule has 1 amide bonds. The van der Waals surface area contributed by atoms with Crippen molar-refractivity contribution in [2.75, 3.05) is 26.9 Å². The summed E-state index contributed by atoms with van der Waals surface area (Å²) in [4.78, 5) is 32.4. The van der Waals surface area contributed by atoms with E-state index >= 15 is 0 Å². The number of rotatable bonds is 6. The molecule has 2 aromatic rings. The number of aryl methyl sites for hydroxylation is 1. The summed E-state index contributed by atoms with van der Waals surface area (Å²) in [6, 6.07) is 3.78. The van der Waals surface area contributed by atoms with Crippen molar-refractivity contribution in [1.29, 1.82) is 0 Å². The summed E-state index contributed by atoms with van der Waals surface area (Å²) in [6.07, 6.45) is 6.12. The Balaban J connectivity index is 1.83. The quantitative estimate of drug-likeness (QED) is 0.744. The van der Waals surface area contributed by atoms with Gasteiger partial charge >= 0.3 is 0 Å². The number of aromatic nitrogens is 2. The molecule has 7 nitrogen and oxygen atoms in total. The molecule has 1 aliphatic rings. The third-order valence-electron chi connectivity index (χ3n) is 3.60. The van der Waals surface area contributed by atoms with Gasteiger partial charge in [-0.15, -0.1) is 11.3 Å². The second kappa shape index (κ2) is 8.09. The molecule has 0 spiro atoms. The standard InChI is InChI=1S/C17H19N5O2S/c1-12-15(25-16(21-12)13-5-3-6-18-9-13)17(23)22(11-24-2)10-14-19-7-4-8-20-14/h3,5-7,9H,4,8,10-11H2,1-2H3. The second-order valence-electron chi connectivity index (χ2n) is 5.49. The first-order valence-corrected chi connectivity index (χ1v) is 8.72. The Hall–Kier alpha value is -2.45. The average Bonchev–Trinajstić information content (AvgIpc) is 3.04. The maximum atomic E-state index is 13.0. The van der Waals surface area contributed by atoms with E-state index < -0.39 is 0 Å². The number of hydrogen-bond donors (Lipinski definition) is 0. The van der Waals surface area contributed by atoms with Gasteiger partial charge in [-0.05, 0) is 19.1 Å². The first-order valence-electron chi connectivity index (χ1n) is 7.91. The summed E-state index contributed by atoms with van der Waals surface area (Å²) in [5, 5.41) is 0.777. The number of methoxy groups -OCH3 is 1. The molecule has 0 aliphatic carbocycles. The zero-order valence-corrected chi connectivity index (χ0v) is 15.0. The molecule has 25 heavy (non-hydrogen) atoms. The largest absolute Gasteiger partial charge is 0.364 e. The lowest BCUT2D eigenvalue weighted by Crippen LogP contribution is -2.37. The smallest absolute Gasteiger partial charge is 0.268 e. The SMILES string of the molecule is COCN(CC1=NCCC=N1)C(=O)c1sc(-c2cccnc2)nc1C. The highest BCUT2D eigenvalue weighted by Gasteiger charge is 2.23. The van der Waals surface area contributed by atoms with Crippen LogP contribution in [0.3, 0.4) is 0 Å². The molecule has 3 heterocycles. The monoisotopic (exact) mass is 357 g/mol. The fraction of sp³-hybridized carbons (Fsp3) is 0.353. The van der Waals surface area contributed by atoms with Gasteiger partial charge < -0.3 is 9.64 Å². The number of nitrogens with zero attached hydrogens (tertiary/aromatic N) is 5. The average molecular weight is 357 g/mol. The van der Waals surface area contributed by atoms with Crippen LogP contribution in [0.4, 0.5) is 0 Å². The molecule has 130 valence electrons. The van der Waals surface area contributed by atoms with Crippen molar-refractivity contribution < 1.29 is 9.53 Å². The molecular formula is C17H19N5O2S. The minimum Gasteiger partial charge on any atom is -0.364 e. The molecular weight excluding hydrogens is 338 g/mol. The molecule has 2 aromatic heterocycles. The molecule has 0 fully saturated rings. The fourth-order valence-corrected chi connectivity index (χ4v) is 3.43. The number of aliphatic imine (C=N–C) groups is 2. The van der Waals surface area contributed by atoms with Gasteiger partial charge in [-0.25, -0.2) is 9.98 Å². The van der Waals surface area contributed by atoms with Crippen LogP contribution in [-0.2, 0) is 4.74 Å². The van der Waals surface area contributed by atoms with E-state index in [1.807, 2.05) is 25.3 Å². The first kappa shape index (κ1) is 17.4. The van der Waals surface area contributed by atoms with Crippen molar-refractivity contribution in [3.8, 4) is 10.6 Å². The van der Waals surface area contributed by atoms with Gasteiger partial charge in [0, 0.05) is 44.2 Å². The number of carbonyl (C=O) groups excluding carboxylic acids is 1. The highest BCUT2D eigenvalue weighted by Crippen LogP contribution is 2.28. The molecule has 0 radical (unpaired) electrons. The van der Waals surface area contributed by atoms with Gasteiger partial charge in [-0.3, -0.25) is 14.8 Å². The highest BCUT2D eigenvalue weighted by molar-refractivity contribution is 7.17. The Morgan fingerprint density at radius 3 is 3.00 bits per heavy atom. The van der Waals surface area contributed by atoms with Crippen LogP contribution in [-0.4, -0.2) is 59.8 Å². The summed E-state index contributed by atoms with van der Waals surface area (Å²) in [5.74, 6) is 0.516. The molecule has 0 saturated carbocycles. The maximum absolute atomic E-state index is 13.0. The number of amides is 1. The van der Waals surface area contributed by atoms with E-state index in [0.29, 0.717) is 29.5 Å². The van der Waals surface area contributed by atoms with Gasteiger partial charge in [0.15, 0.2) is 0 Å². The normalized spacial score (nSPS) is 13.6. The summed E-state index contributed by atoms with van der Waals surface area (Å²) in [5.41, 5.74) is 1.60. The van der Waals surface area contributed by atoms with Crippen molar-refractivity contribution in [3.05, 3.63) is 35.1 Å². The van der Waals surface area contributed by atoms with Crippen LogP contribution in [0, 0.1) is 6.92 Å². The lowest BCUT2D eigenvalue weighted by molar-refractivity contribution is 0.0474. The predicted octanol–water partition coefficient (Wildman–Crippen LogP) is 2.43. The van der Waals surface area contributed by atoms with E-state index in [4.69, 9.17) is 4.74 Å². The Bertz CT molecular complexity index is 801. The van der Waals surface area contributed by atoms with Crippen LogP contribution in [0.1, 0.15) is 21.8 Å². The third kappa shape index (κ3) is 4.15. The molecule has 0 bridgehead atoms. The molecule has 0 N–H and O–H groups in total. The Morgan fingerprint density at radius 2 is 2.32 bits per heavy atom. The number of hydrogen-bond acceptors (Lipinski definition) is 7. The van der Waals surface area contributed by atoms with E-state index in [-0.39, 0.29) is 12.6 Å². The van der Waals surface area contributed by atoms with E-state index in [9.17, 15) is 4.79 Å². The molecule has 3 rings (SSSR count). The highest BCUT2D eigenvalue weighted by atomic mass is 32.1. The van der Waals surface area contributed by atoms with E-state index in [0.717, 1.165) is 17.0 Å². The zero-order valence-electron chi connectivity index (χ0n) is 14.2. The lowest BCUT2D eigenvalue weighted by atomic mass is 10.3. The van der Waals surface area contributed by atoms with Crippen LogP contribution in [0.25, 0.3) is 10.6 Å². The molecule has 8 heteroatoms. The summed E-state index contributed by atoms with van der Waals surface area (Å²) in [6.45, 7) is 3.04. The van der Waals surface area contributed by atoms with Crippen LogP contribution in [0.5, 0.6) is 0 Å². The first-order chi connectivity index (χ1) is 12.2. The van der Waals surface area contributed by atoms with Crippen molar-refractivity contribution >= 4 is 29.3 Å². The number of thiazole rings is 1. The van der Waals surface area contributed by atoms with Gasteiger partial charge in [0.1, 0.15) is 22.5 Å². The summed E-state index contributed by atoms with van der Waals surface area (Å²) in [7, 11) is 1.56. The number of ether oxygens (including phenoxy) is 1. The summed E-state index contributed by atoms with van der Waals surface area (Å²) < 4.78 is 5.19. The van der Waals surface area contributed by atoms with Gasteiger partial charge in [0.2, 0.25) is 0 Å². The predicted molar refractivity (Wildman–Crippen MR) is 98.4 cm³/mol. The fourth-order valence-electron chi connectivity index (χ4n) is 2.41. The van der Waals surface area contributed by atoms with Crippen molar-refractivity contribution in [3.63, 3.8) is 0 Å². The van der Waals surface area contributed by atoms with E-state index in [1.165, 1.54) is 11.3 Å². The Morgan fingerprint density at radius 1 is 1.44 bits per heavy atom. The molecule has 0 aromatic carbocycles. The zero-order chi connectivity index (χ0) is 17.6.